The molecule has 0 heterocycles. The van der Waals surface area contributed by atoms with E-state index in [1.54, 1.807) is 3.58 Å². The first-order chi connectivity index (χ1) is 13.5. The summed E-state index contributed by atoms with van der Waals surface area (Å²) < 4.78 is 5.86. The summed E-state index contributed by atoms with van der Waals surface area (Å²) in [6.45, 7) is 8.96. The number of unbranched alkanes of at least 4 members (excludes halogenated alkanes) is 3. The molecule has 2 rings (SSSR count). The van der Waals surface area contributed by atoms with Crippen LogP contribution in [0, 0.1) is 0 Å². The molecule has 0 aliphatic carbocycles. The van der Waals surface area contributed by atoms with Crippen LogP contribution in [0.25, 0.3) is 0 Å². The summed E-state index contributed by atoms with van der Waals surface area (Å²) in [6, 6.07) is 19.2. The van der Waals surface area contributed by atoms with E-state index >= 15 is 0 Å². The third-order valence-electron chi connectivity index (χ3n) is 6.39. The number of aliphatic hydroxyl groups is 1. The predicted molar refractivity (Wildman–Crippen MR) is 126 cm³/mol. The number of benzene rings is 2. The van der Waals surface area contributed by atoms with E-state index in [1.165, 1.54) is 57.4 Å². The van der Waals surface area contributed by atoms with Gasteiger partial charge in [-0.05, 0) is 0 Å². The average Bonchev–Trinajstić information content (AvgIpc) is 2.74. The Labute approximate surface area is 177 Å². The molecule has 2 aromatic rings. The van der Waals surface area contributed by atoms with Gasteiger partial charge in [0.05, 0.1) is 0 Å². The molecule has 0 fully saturated rings. The topological polar surface area (TPSA) is 20.2 Å². The summed E-state index contributed by atoms with van der Waals surface area (Å²) in [5.74, 6) is 0. The van der Waals surface area contributed by atoms with Crippen molar-refractivity contribution in [1.82, 2.24) is 0 Å². The van der Waals surface area contributed by atoms with Crippen molar-refractivity contribution in [3.05, 3.63) is 65.7 Å². The van der Waals surface area contributed by atoms with Gasteiger partial charge < -0.3 is 0 Å². The van der Waals surface area contributed by atoms with Crippen LogP contribution in [-0.4, -0.2) is 23.5 Å². The Kier molecular flexibility index (Phi) is 9.56. The number of hydrogen-bond acceptors (Lipinski definition) is 1. The zero-order valence-electron chi connectivity index (χ0n) is 18.5. The van der Waals surface area contributed by atoms with Crippen LogP contribution >= 0.6 is 0 Å². The second-order valence-corrected chi connectivity index (χ2v) is 21.7. The van der Waals surface area contributed by atoms with Crippen LogP contribution < -0.4 is 3.58 Å². The fraction of sp³-hybridized carbons (Fsp3) is 0.538. The molecule has 0 saturated heterocycles. The van der Waals surface area contributed by atoms with Crippen molar-refractivity contribution in [1.29, 1.82) is 0 Å². The van der Waals surface area contributed by atoms with E-state index in [0.717, 1.165) is 5.56 Å². The molecule has 154 valence electrons. The molecule has 1 N–H and O–H groups in total. The number of rotatable bonds is 12. The third-order valence-corrected chi connectivity index (χ3v) is 22.1. The van der Waals surface area contributed by atoms with Crippen LogP contribution in [0.3, 0.4) is 0 Å². The zero-order valence-corrected chi connectivity index (χ0v) is 21.4. The first kappa shape index (κ1) is 23.5. The van der Waals surface area contributed by atoms with Gasteiger partial charge in [0.1, 0.15) is 0 Å². The van der Waals surface area contributed by atoms with E-state index in [1.807, 2.05) is 25.1 Å². The molecular formula is C26H40OSn. The van der Waals surface area contributed by atoms with E-state index in [0.29, 0.717) is 0 Å². The molecule has 1 unspecified atom stereocenters. The molecule has 2 heteroatoms. The van der Waals surface area contributed by atoms with Gasteiger partial charge in [-0.25, -0.2) is 0 Å². The Hall–Kier alpha value is -0.801. The molecule has 0 aliphatic rings. The molecule has 2 aromatic carbocycles. The Morgan fingerprint density at radius 1 is 0.714 bits per heavy atom. The van der Waals surface area contributed by atoms with Gasteiger partial charge in [-0.3, -0.25) is 0 Å². The monoisotopic (exact) mass is 488 g/mol. The Morgan fingerprint density at radius 2 is 1.18 bits per heavy atom. The Morgan fingerprint density at radius 3 is 1.68 bits per heavy atom. The van der Waals surface area contributed by atoms with E-state index in [-0.39, 0.29) is 0 Å². The van der Waals surface area contributed by atoms with Gasteiger partial charge in [0.2, 0.25) is 0 Å². The van der Waals surface area contributed by atoms with Crippen molar-refractivity contribution in [3.63, 3.8) is 0 Å². The van der Waals surface area contributed by atoms with Crippen LogP contribution in [0.5, 0.6) is 0 Å². The minimum atomic E-state index is -2.63. The summed E-state index contributed by atoms with van der Waals surface area (Å²) in [7, 11) is 0. The normalized spacial score (nSPS) is 14.0. The summed E-state index contributed by atoms with van der Waals surface area (Å²) >= 11 is -2.63. The van der Waals surface area contributed by atoms with E-state index < -0.39 is 24.0 Å². The molecule has 1 nitrogen and oxygen atoms in total. The summed E-state index contributed by atoms with van der Waals surface area (Å²) in [6.07, 6.45) is 7.83. The second kappa shape index (κ2) is 11.4. The van der Waals surface area contributed by atoms with Gasteiger partial charge >= 0.3 is 178 Å². The molecule has 0 aromatic heterocycles. The maximum atomic E-state index is 11.7. The summed E-state index contributed by atoms with van der Waals surface area (Å²) in [4.78, 5) is 0. The Balaban J connectivity index is 2.59. The van der Waals surface area contributed by atoms with Gasteiger partial charge in [-0.1, -0.05) is 0 Å². The minimum absolute atomic E-state index is 0.926. The van der Waals surface area contributed by atoms with E-state index in [9.17, 15) is 5.11 Å². The van der Waals surface area contributed by atoms with Crippen molar-refractivity contribution in [2.75, 3.05) is 0 Å². The fourth-order valence-corrected chi connectivity index (χ4v) is 21.7. The van der Waals surface area contributed by atoms with Crippen molar-refractivity contribution in [2.45, 2.75) is 85.1 Å². The van der Waals surface area contributed by atoms with Gasteiger partial charge in [-0.2, -0.15) is 0 Å². The fourth-order valence-electron chi connectivity index (χ4n) is 4.61. The Bertz CT molecular complexity index is 671. The quantitative estimate of drug-likeness (QED) is 0.320. The van der Waals surface area contributed by atoms with Crippen molar-refractivity contribution >= 4 is 22.0 Å². The molecule has 28 heavy (non-hydrogen) atoms. The predicted octanol–water partition coefficient (Wildman–Crippen LogP) is 7.00. The number of hydrogen-bond donors (Lipinski definition) is 1. The summed E-state index contributed by atoms with van der Waals surface area (Å²) in [5.41, 5.74) is 1.26. The molecule has 0 saturated carbocycles. The van der Waals surface area contributed by atoms with Crippen molar-refractivity contribution in [2.24, 2.45) is 0 Å². The standard InChI is InChI=1S/C14H13O.3C4H9.Sn/c1-14(15,12-8-4-2-5-9-12)13-10-6-3-7-11-13;3*1-3-4-2;/h2-10,15H,1H3;3*1,3-4H2,2H3;. The van der Waals surface area contributed by atoms with Crippen LogP contribution in [0.15, 0.2) is 54.6 Å². The molecule has 0 bridgehead atoms. The molecule has 0 amide bonds. The molecule has 1 atom stereocenters. The molecular weight excluding hydrogens is 447 g/mol. The van der Waals surface area contributed by atoms with E-state index in [2.05, 4.69) is 57.2 Å². The summed E-state index contributed by atoms with van der Waals surface area (Å²) in [5, 5.41) is 11.7. The zero-order chi connectivity index (χ0) is 20.5. The maximum absolute atomic E-state index is 11.7. The van der Waals surface area contributed by atoms with Gasteiger partial charge in [0.15, 0.2) is 0 Å². The van der Waals surface area contributed by atoms with Gasteiger partial charge in [0, 0.05) is 0 Å². The van der Waals surface area contributed by atoms with Gasteiger partial charge in [0.25, 0.3) is 0 Å². The van der Waals surface area contributed by atoms with E-state index in [4.69, 9.17) is 0 Å². The molecule has 0 radical (unpaired) electrons. The van der Waals surface area contributed by atoms with Crippen LogP contribution in [0.4, 0.5) is 0 Å². The molecule has 0 spiro atoms. The van der Waals surface area contributed by atoms with Crippen molar-refractivity contribution < 1.29 is 5.11 Å². The van der Waals surface area contributed by atoms with Crippen LogP contribution in [0.2, 0.25) is 13.3 Å². The van der Waals surface area contributed by atoms with Crippen molar-refractivity contribution in [3.8, 4) is 0 Å². The first-order valence-corrected chi connectivity index (χ1v) is 18.9. The molecule has 0 aliphatic heterocycles. The SMILES string of the molecule is CCC[CH2][Sn]([CH2]CCC)([CH2]CCC)[c]1ccccc1C(C)(O)c1ccccc1. The van der Waals surface area contributed by atoms with Crippen LogP contribution in [0.1, 0.15) is 77.3 Å². The van der Waals surface area contributed by atoms with Gasteiger partial charge in [-0.15, -0.1) is 0 Å². The van der Waals surface area contributed by atoms with Crippen LogP contribution in [-0.2, 0) is 5.60 Å². The second-order valence-electron chi connectivity index (χ2n) is 8.57. The average molecular weight is 487 g/mol. The third kappa shape index (κ3) is 5.63. The first-order valence-electron chi connectivity index (χ1n) is 11.4.